The summed E-state index contributed by atoms with van der Waals surface area (Å²) in [6.07, 6.45) is 9.37. The number of benzene rings is 2. The zero-order valence-electron chi connectivity index (χ0n) is 27.4. The standard InChI is InChI=1S/C38H43N7O2/c1-23-35(44(3)22-41-23)25-9-11-28(12-10-25)42-36(46)34(43-37(47)38(2)14-15-38)31-6-4-5-24-7-8-26(17-32(24)31)27-13-16-39-33(18-27)45-21-29-19-30(45)20-40-29/h7-13,16-18,22,29-31,34,40H,4-6,14-15,19-21H2,1-3H3,(H,42,46)(H,43,47)/t29-,30-,31-,34+/m1/s1. The molecule has 2 aromatic carbocycles. The molecule has 47 heavy (non-hydrogen) atoms. The lowest BCUT2D eigenvalue weighted by atomic mass is 9.77. The summed E-state index contributed by atoms with van der Waals surface area (Å²) in [4.78, 5) is 39.2. The van der Waals surface area contributed by atoms with Gasteiger partial charge in [-0.15, -0.1) is 0 Å². The maximum Gasteiger partial charge on any atom is 0.247 e. The Morgan fingerprint density at radius 2 is 1.81 bits per heavy atom. The molecule has 9 heteroatoms. The Morgan fingerprint density at radius 1 is 1.02 bits per heavy atom. The van der Waals surface area contributed by atoms with Gasteiger partial charge in [0.05, 0.1) is 17.7 Å². The van der Waals surface area contributed by atoms with Crippen LogP contribution in [0.25, 0.3) is 22.4 Å². The Kier molecular flexibility index (Phi) is 7.39. The molecule has 4 atom stereocenters. The van der Waals surface area contributed by atoms with E-state index in [1.165, 1.54) is 12.0 Å². The summed E-state index contributed by atoms with van der Waals surface area (Å²) in [7, 11) is 1.98. The maximum atomic E-state index is 14.2. The van der Waals surface area contributed by atoms with Gasteiger partial charge in [-0.05, 0) is 92.0 Å². The second-order valence-corrected chi connectivity index (χ2v) is 14.3. The highest BCUT2D eigenvalue weighted by Gasteiger charge is 2.47. The number of imidazole rings is 1. The number of aryl methyl sites for hydroxylation is 3. The lowest BCUT2D eigenvalue weighted by Gasteiger charge is -2.33. The SMILES string of the molecule is Cc1ncn(C)c1-c1ccc(NC(=O)[C@@H](NC(=O)C2(C)CC2)[C@@H]2CCCc3ccc(-c4ccnc(N5C[C@H]6C[C@@H]5CN6)c4)cc32)cc1. The number of aromatic nitrogens is 3. The molecule has 9 nitrogen and oxygen atoms in total. The van der Waals surface area contributed by atoms with Crippen molar-refractivity contribution in [1.82, 2.24) is 25.2 Å². The average molecular weight is 630 g/mol. The van der Waals surface area contributed by atoms with Crippen molar-refractivity contribution < 1.29 is 9.59 Å². The van der Waals surface area contributed by atoms with Gasteiger partial charge in [-0.3, -0.25) is 9.59 Å². The number of hydrogen-bond donors (Lipinski definition) is 3. The molecule has 3 N–H and O–H groups in total. The molecular formula is C38H43N7O2. The first kappa shape index (κ1) is 29.9. The van der Waals surface area contributed by atoms with Crippen LogP contribution in [0.4, 0.5) is 11.5 Å². The molecule has 0 spiro atoms. The Hall–Kier alpha value is -4.50. The van der Waals surface area contributed by atoms with Crippen LogP contribution in [0.3, 0.4) is 0 Å². The van der Waals surface area contributed by atoms with Crippen LogP contribution in [0.5, 0.6) is 0 Å². The van der Waals surface area contributed by atoms with Crippen LogP contribution < -0.4 is 20.9 Å². The van der Waals surface area contributed by atoms with E-state index in [1.807, 2.05) is 62.3 Å². The van der Waals surface area contributed by atoms with E-state index in [2.05, 4.69) is 56.2 Å². The molecule has 0 unspecified atom stereocenters. The number of carbonyl (C=O) groups is 2. The predicted molar refractivity (Wildman–Crippen MR) is 184 cm³/mol. The van der Waals surface area contributed by atoms with Crippen molar-refractivity contribution in [1.29, 1.82) is 0 Å². The van der Waals surface area contributed by atoms with Gasteiger partial charge in [-0.25, -0.2) is 9.97 Å². The molecule has 242 valence electrons. The van der Waals surface area contributed by atoms with Crippen LogP contribution in [-0.2, 0) is 23.1 Å². The first-order valence-electron chi connectivity index (χ1n) is 17.1. The highest BCUT2D eigenvalue weighted by atomic mass is 16.2. The van der Waals surface area contributed by atoms with Crippen LogP contribution in [0.1, 0.15) is 61.8 Å². The first-order valence-corrected chi connectivity index (χ1v) is 17.1. The monoisotopic (exact) mass is 629 g/mol. The Bertz CT molecular complexity index is 1820. The van der Waals surface area contributed by atoms with Crippen molar-refractivity contribution in [2.75, 3.05) is 23.3 Å². The highest BCUT2D eigenvalue weighted by molar-refractivity contribution is 5.99. The van der Waals surface area contributed by atoms with Gasteiger partial charge in [0.1, 0.15) is 11.9 Å². The Balaban J connectivity index is 1.08. The number of amides is 2. The fraction of sp³-hybridized carbons (Fsp3) is 0.421. The van der Waals surface area contributed by atoms with Gasteiger partial charge >= 0.3 is 0 Å². The molecule has 4 aliphatic rings. The summed E-state index contributed by atoms with van der Waals surface area (Å²) in [5.41, 5.74) is 8.00. The molecular weight excluding hydrogens is 586 g/mol. The van der Waals surface area contributed by atoms with Crippen LogP contribution >= 0.6 is 0 Å². The quantitative estimate of drug-likeness (QED) is 0.243. The van der Waals surface area contributed by atoms with E-state index in [4.69, 9.17) is 4.98 Å². The van der Waals surface area contributed by atoms with Gasteiger partial charge in [-0.2, -0.15) is 0 Å². The first-order chi connectivity index (χ1) is 22.8. The Labute approximate surface area is 276 Å². The average Bonchev–Trinajstić information content (AvgIpc) is 3.37. The van der Waals surface area contributed by atoms with Gasteiger partial charge in [0.25, 0.3) is 0 Å². The number of hydrogen-bond acceptors (Lipinski definition) is 6. The summed E-state index contributed by atoms with van der Waals surface area (Å²) in [6, 6.07) is 19.2. The van der Waals surface area contributed by atoms with E-state index in [9.17, 15) is 9.59 Å². The summed E-state index contributed by atoms with van der Waals surface area (Å²) in [5.74, 6) is 0.677. The van der Waals surface area contributed by atoms with Gasteiger partial charge in [0, 0.05) is 61.0 Å². The van der Waals surface area contributed by atoms with E-state index in [-0.39, 0.29) is 17.7 Å². The third-order valence-electron chi connectivity index (χ3n) is 11.0. The number of nitrogens with one attached hydrogen (secondary N) is 3. The normalized spacial score (nSPS) is 22.9. The molecule has 2 aromatic heterocycles. The number of piperazine rings is 1. The van der Waals surface area contributed by atoms with E-state index >= 15 is 0 Å². The van der Waals surface area contributed by atoms with Gasteiger partial charge in [0.15, 0.2) is 0 Å². The number of pyridine rings is 1. The summed E-state index contributed by atoms with van der Waals surface area (Å²) < 4.78 is 2.00. The van der Waals surface area contributed by atoms with Crippen molar-refractivity contribution in [3.63, 3.8) is 0 Å². The second-order valence-electron chi connectivity index (χ2n) is 14.3. The minimum absolute atomic E-state index is 0.0314. The fourth-order valence-corrected chi connectivity index (χ4v) is 7.93. The van der Waals surface area contributed by atoms with Crippen molar-refractivity contribution >= 4 is 23.3 Å². The molecule has 2 bridgehead atoms. The molecule has 3 fully saturated rings. The minimum Gasteiger partial charge on any atom is -0.351 e. The van der Waals surface area contributed by atoms with Gasteiger partial charge in [-0.1, -0.05) is 37.3 Å². The summed E-state index contributed by atoms with van der Waals surface area (Å²) in [6.45, 7) is 5.99. The lowest BCUT2D eigenvalue weighted by Crippen LogP contribution is -2.50. The van der Waals surface area contributed by atoms with Gasteiger partial charge < -0.3 is 25.4 Å². The van der Waals surface area contributed by atoms with E-state index in [0.29, 0.717) is 17.8 Å². The molecule has 1 saturated carbocycles. The van der Waals surface area contributed by atoms with Crippen LogP contribution in [0.2, 0.25) is 0 Å². The fourth-order valence-electron chi connectivity index (χ4n) is 7.93. The number of nitrogens with zero attached hydrogens (tertiary/aromatic N) is 4. The van der Waals surface area contributed by atoms with Crippen LogP contribution in [0, 0.1) is 12.3 Å². The number of anilines is 2. The minimum atomic E-state index is -0.686. The van der Waals surface area contributed by atoms with Crippen molar-refractivity contribution in [3.05, 3.63) is 83.9 Å². The number of fused-ring (bicyclic) bond motifs is 3. The van der Waals surface area contributed by atoms with Crippen molar-refractivity contribution in [2.24, 2.45) is 12.5 Å². The molecule has 2 aliphatic heterocycles. The second kappa shape index (κ2) is 11.6. The van der Waals surface area contributed by atoms with Crippen LogP contribution in [-0.4, -0.2) is 57.6 Å². The zero-order valence-corrected chi connectivity index (χ0v) is 27.4. The van der Waals surface area contributed by atoms with E-state index in [0.717, 1.165) is 84.7 Å². The molecule has 0 radical (unpaired) electrons. The number of carbonyl (C=O) groups excluding carboxylic acids is 2. The Morgan fingerprint density at radius 3 is 2.51 bits per heavy atom. The number of rotatable bonds is 8. The highest BCUT2D eigenvalue weighted by Crippen LogP contribution is 2.46. The molecule has 2 saturated heterocycles. The largest absolute Gasteiger partial charge is 0.351 e. The molecule has 4 aromatic rings. The van der Waals surface area contributed by atoms with Crippen molar-refractivity contribution in [3.8, 4) is 22.4 Å². The molecule has 2 aliphatic carbocycles. The third-order valence-corrected chi connectivity index (χ3v) is 11.0. The zero-order chi connectivity index (χ0) is 32.3. The molecule has 4 heterocycles. The van der Waals surface area contributed by atoms with Crippen LogP contribution in [0.15, 0.2) is 67.1 Å². The smallest absolute Gasteiger partial charge is 0.247 e. The van der Waals surface area contributed by atoms with Gasteiger partial charge in [0.2, 0.25) is 11.8 Å². The molecule has 8 rings (SSSR count). The van der Waals surface area contributed by atoms with E-state index in [1.54, 1.807) is 0 Å². The lowest BCUT2D eigenvalue weighted by molar-refractivity contribution is -0.130. The van der Waals surface area contributed by atoms with E-state index < -0.39 is 11.5 Å². The van der Waals surface area contributed by atoms with Crippen molar-refractivity contribution in [2.45, 2.75) is 76.4 Å². The maximum absolute atomic E-state index is 14.2. The predicted octanol–water partition coefficient (Wildman–Crippen LogP) is 5.35. The third kappa shape index (κ3) is 5.60. The summed E-state index contributed by atoms with van der Waals surface area (Å²) >= 11 is 0. The molecule has 2 amide bonds. The topological polar surface area (TPSA) is 104 Å². The summed E-state index contributed by atoms with van der Waals surface area (Å²) in [5, 5.41) is 9.97.